The number of hydrogen-bond donors (Lipinski definition) is 1. The maximum atomic E-state index is 12.4. The quantitative estimate of drug-likeness (QED) is 0.206. The first kappa shape index (κ1) is 28.7. The lowest BCUT2D eigenvalue weighted by atomic mass is 10.1. The van der Waals surface area contributed by atoms with Crippen LogP contribution >= 0.6 is 11.8 Å². The van der Waals surface area contributed by atoms with Gasteiger partial charge in [-0.2, -0.15) is 0 Å². The second kappa shape index (κ2) is 15.4. The maximum Gasteiger partial charge on any atom is 0.347 e. The number of carbonyl (C=O) groups is 1. The van der Waals surface area contributed by atoms with Crippen LogP contribution < -0.4 is 16.6 Å². The number of benzene rings is 1. The Morgan fingerprint density at radius 1 is 1.09 bits per heavy atom. The molecule has 0 radical (unpaired) electrons. The molecule has 0 bridgehead atoms. The van der Waals surface area contributed by atoms with Gasteiger partial charge in [0.1, 0.15) is 6.61 Å². The second-order valence-corrected chi connectivity index (χ2v) is 10.3. The van der Waals surface area contributed by atoms with Crippen LogP contribution in [0.2, 0.25) is 0 Å². The fourth-order valence-electron chi connectivity index (χ4n) is 3.56. The van der Waals surface area contributed by atoms with Gasteiger partial charge in [0.2, 0.25) is 5.82 Å². The first-order chi connectivity index (χ1) is 16.8. The van der Waals surface area contributed by atoms with Crippen molar-refractivity contribution in [3.05, 3.63) is 50.7 Å². The van der Waals surface area contributed by atoms with Crippen molar-refractivity contribution < 1.29 is 9.53 Å². The summed E-state index contributed by atoms with van der Waals surface area (Å²) in [6.07, 6.45) is 7.53. The average Bonchev–Trinajstić information content (AvgIpc) is 2.86. The number of ether oxygens (including phenoxy) is 1. The molecule has 0 spiro atoms. The molecular weight excluding hydrogens is 464 g/mol. The van der Waals surface area contributed by atoms with Crippen molar-refractivity contribution in [3.8, 4) is 0 Å². The molecule has 0 fully saturated rings. The zero-order chi connectivity index (χ0) is 25.6. The van der Waals surface area contributed by atoms with Crippen molar-refractivity contribution in [1.29, 1.82) is 0 Å². The number of nitrogens with one attached hydrogen (secondary N) is 1. The Bertz CT molecular complexity index is 1030. The largest absolute Gasteiger partial charge is 0.465 e. The molecule has 9 heteroatoms. The molecule has 2 rings (SSSR count). The molecule has 194 valence electrons. The topological polar surface area (TPSA) is 95.2 Å². The predicted molar refractivity (Wildman–Crippen MR) is 142 cm³/mol. The summed E-state index contributed by atoms with van der Waals surface area (Å²) in [4.78, 5) is 37.2. The molecule has 35 heavy (non-hydrogen) atoms. The minimum atomic E-state index is -0.391. The molecule has 0 aliphatic heterocycles. The lowest BCUT2D eigenvalue weighted by Gasteiger charge is -2.12. The van der Waals surface area contributed by atoms with E-state index in [2.05, 4.69) is 41.6 Å². The minimum Gasteiger partial charge on any atom is -0.465 e. The highest BCUT2D eigenvalue weighted by Gasteiger charge is 2.11. The first-order valence-electron chi connectivity index (χ1n) is 12.7. The number of unbranched alkanes of at least 4 members (excludes halogenated alkanes) is 4. The van der Waals surface area contributed by atoms with E-state index in [1.807, 2.05) is 6.92 Å². The Morgan fingerprint density at radius 2 is 1.80 bits per heavy atom. The molecule has 0 saturated carbocycles. The van der Waals surface area contributed by atoms with Crippen LogP contribution in [-0.4, -0.2) is 38.7 Å². The summed E-state index contributed by atoms with van der Waals surface area (Å²) in [5.41, 5.74) is 0.448. The lowest BCUT2D eigenvalue weighted by Crippen LogP contribution is -2.41. The molecule has 1 heterocycles. The van der Waals surface area contributed by atoms with E-state index < -0.39 is 5.56 Å². The highest BCUT2D eigenvalue weighted by atomic mass is 32.2. The molecule has 1 atom stereocenters. The first-order valence-corrected chi connectivity index (χ1v) is 13.6. The monoisotopic (exact) mass is 504 g/mol. The molecule has 1 unspecified atom stereocenters. The van der Waals surface area contributed by atoms with E-state index in [0.717, 1.165) is 41.6 Å². The van der Waals surface area contributed by atoms with Gasteiger partial charge in [-0.15, -0.1) is 16.9 Å². The Hall–Kier alpha value is -2.55. The molecule has 0 aliphatic rings. The predicted octanol–water partition coefficient (Wildman–Crippen LogP) is 4.39. The summed E-state index contributed by atoms with van der Waals surface area (Å²) in [7, 11) is 1.50. The van der Waals surface area contributed by atoms with Crippen molar-refractivity contribution >= 4 is 23.5 Å². The molecule has 1 aromatic carbocycles. The summed E-state index contributed by atoms with van der Waals surface area (Å²) in [6.45, 7) is 7.52. The van der Waals surface area contributed by atoms with Crippen molar-refractivity contribution in [3.63, 3.8) is 0 Å². The van der Waals surface area contributed by atoms with Crippen LogP contribution in [0, 0.1) is 0 Å². The van der Waals surface area contributed by atoms with E-state index in [1.54, 1.807) is 18.7 Å². The van der Waals surface area contributed by atoms with Gasteiger partial charge in [0, 0.05) is 36.7 Å². The third kappa shape index (κ3) is 9.92. The van der Waals surface area contributed by atoms with E-state index in [9.17, 15) is 14.4 Å². The minimum absolute atomic E-state index is 0.171. The van der Waals surface area contributed by atoms with Crippen LogP contribution in [-0.2, 0) is 29.5 Å². The molecule has 2 aromatic rings. The summed E-state index contributed by atoms with van der Waals surface area (Å²) >= 11 is 1.68. The molecule has 0 amide bonds. The van der Waals surface area contributed by atoms with Crippen LogP contribution in [0.3, 0.4) is 0 Å². The number of thioether (sulfide) groups is 1. The van der Waals surface area contributed by atoms with Gasteiger partial charge in [0.05, 0.1) is 0 Å². The molecule has 1 N–H and O–H groups in total. The van der Waals surface area contributed by atoms with E-state index >= 15 is 0 Å². The number of anilines is 1. The van der Waals surface area contributed by atoms with Gasteiger partial charge in [-0.3, -0.25) is 14.2 Å². The third-order valence-corrected chi connectivity index (χ3v) is 6.75. The van der Waals surface area contributed by atoms with Gasteiger partial charge in [-0.05, 0) is 43.9 Å². The number of aryl methyl sites for hydroxylation is 2. The van der Waals surface area contributed by atoms with Crippen LogP contribution in [0.5, 0.6) is 0 Å². The van der Waals surface area contributed by atoms with Gasteiger partial charge in [0.15, 0.2) is 0 Å². The number of hydrogen-bond acceptors (Lipinski definition) is 7. The number of rotatable bonds is 16. The second-order valence-electron chi connectivity index (χ2n) is 8.77. The summed E-state index contributed by atoms with van der Waals surface area (Å²) < 4.78 is 7.73. The maximum absolute atomic E-state index is 12.4. The number of carbonyl (C=O) groups excluding carboxylic acids is 1. The summed E-state index contributed by atoms with van der Waals surface area (Å²) in [5.74, 6) is 0.0563. The van der Waals surface area contributed by atoms with Gasteiger partial charge in [0.25, 0.3) is 5.56 Å². The van der Waals surface area contributed by atoms with Crippen molar-refractivity contribution in [2.75, 3.05) is 18.5 Å². The van der Waals surface area contributed by atoms with Gasteiger partial charge >= 0.3 is 11.7 Å². The highest BCUT2D eigenvalue weighted by Crippen LogP contribution is 2.24. The zero-order valence-electron chi connectivity index (χ0n) is 21.5. The molecule has 0 saturated heterocycles. The van der Waals surface area contributed by atoms with E-state index in [-0.39, 0.29) is 22.7 Å². The highest BCUT2D eigenvalue weighted by molar-refractivity contribution is 8.00. The molecular formula is C26H40N4O4S. The Balaban J connectivity index is 1.81. The van der Waals surface area contributed by atoms with Gasteiger partial charge in [-0.25, -0.2) is 9.48 Å². The SMILES string of the molecule is CCCCCCCn1nc(NCCCc2ccc(SC(C)COC(=O)CC)cc2)c(=O)n(C)c1=O. The Labute approximate surface area is 212 Å². The molecule has 1 aromatic heterocycles. The normalized spacial score (nSPS) is 11.9. The molecule has 0 aliphatic carbocycles. The Morgan fingerprint density at radius 3 is 2.49 bits per heavy atom. The van der Waals surface area contributed by atoms with Gasteiger partial charge in [-0.1, -0.05) is 51.7 Å². The van der Waals surface area contributed by atoms with Crippen LogP contribution in [0.25, 0.3) is 0 Å². The van der Waals surface area contributed by atoms with Crippen LogP contribution in [0.4, 0.5) is 5.82 Å². The number of esters is 1. The summed E-state index contributed by atoms with van der Waals surface area (Å²) in [6, 6.07) is 8.37. The van der Waals surface area contributed by atoms with Crippen molar-refractivity contribution in [2.45, 2.75) is 88.8 Å². The molecule has 8 nitrogen and oxygen atoms in total. The number of aromatic nitrogens is 3. The van der Waals surface area contributed by atoms with E-state index in [1.165, 1.54) is 30.1 Å². The fourth-order valence-corrected chi connectivity index (χ4v) is 4.45. The standard InChI is InChI=1S/C26H40N4O4S/c1-5-7-8-9-10-18-30-26(33)29(4)25(32)24(28-30)27-17-11-12-21-13-15-22(16-14-21)35-20(3)19-34-23(31)6-2/h13-16,20H,5-12,17-19H2,1-4H3,(H,27,28). The average molecular weight is 505 g/mol. The van der Waals surface area contributed by atoms with Crippen LogP contribution in [0.1, 0.15) is 71.3 Å². The number of nitrogens with zero attached hydrogens (tertiary/aromatic N) is 3. The summed E-state index contributed by atoms with van der Waals surface area (Å²) in [5, 5.41) is 7.60. The van der Waals surface area contributed by atoms with Crippen molar-refractivity contribution in [1.82, 2.24) is 14.3 Å². The van der Waals surface area contributed by atoms with E-state index in [4.69, 9.17) is 4.74 Å². The van der Waals surface area contributed by atoms with E-state index in [0.29, 0.717) is 26.1 Å². The zero-order valence-corrected chi connectivity index (χ0v) is 22.4. The van der Waals surface area contributed by atoms with Crippen molar-refractivity contribution in [2.24, 2.45) is 7.05 Å². The van der Waals surface area contributed by atoms with Crippen LogP contribution in [0.15, 0.2) is 38.8 Å². The smallest absolute Gasteiger partial charge is 0.347 e. The Kier molecular flexibility index (Phi) is 12.7. The lowest BCUT2D eigenvalue weighted by molar-refractivity contribution is -0.143. The fraction of sp³-hybridized carbons (Fsp3) is 0.615. The third-order valence-electron chi connectivity index (χ3n) is 5.67. The van der Waals surface area contributed by atoms with Gasteiger partial charge < -0.3 is 10.1 Å².